The van der Waals surface area contributed by atoms with Crippen molar-refractivity contribution in [2.24, 2.45) is 0 Å². The summed E-state index contributed by atoms with van der Waals surface area (Å²) in [7, 11) is 1.44. The number of morpholine rings is 1. The van der Waals surface area contributed by atoms with Gasteiger partial charge >= 0.3 is 0 Å². The molecular formula is C26H25BrClN3O7S. The molecule has 1 N–H and O–H groups in total. The Labute approximate surface area is 242 Å². The van der Waals surface area contributed by atoms with Gasteiger partial charge in [-0.05, 0) is 76.1 Å². The molecule has 2 fully saturated rings. The summed E-state index contributed by atoms with van der Waals surface area (Å²) < 4.78 is 16.9. The monoisotopic (exact) mass is 637 g/mol. The fourth-order valence-corrected chi connectivity index (χ4v) is 5.40. The van der Waals surface area contributed by atoms with Crippen molar-refractivity contribution in [1.82, 2.24) is 9.80 Å². The Balaban J connectivity index is 1.42. The molecule has 10 nitrogen and oxygen atoms in total. The number of anilines is 1. The number of ether oxygens (including phenoxy) is 3. The molecule has 0 saturated carbocycles. The van der Waals surface area contributed by atoms with Crippen molar-refractivity contribution in [3.63, 3.8) is 0 Å². The Morgan fingerprint density at radius 3 is 2.64 bits per heavy atom. The molecule has 39 heavy (non-hydrogen) atoms. The van der Waals surface area contributed by atoms with Gasteiger partial charge in [-0.25, -0.2) is 0 Å². The molecule has 2 saturated heterocycles. The number of hydrogen-bond donors (Lipinski definition) is 1. The number of nitrogens with zero attached hydrogens (tertiary/aromatic N) is 2. The van der Waals surface area contributed by atoms with Crippen LogP contribution in [0.15, 0.2) is 39.7 Å². The smallest absolute Gasteiger partial charge is 0.294 e. The first-order valence-corrected chi connectivity index (χ1v) is 13.8. The zero-order chi connectivity index (χ0) is 28.1. The van der Waals surface area contributed by atoms with Gasteiger partial charge in [0.25, 0.3) is 17.1 Å². The van der Waals surface area contributed by atoms with Gasteiger partial charge in [-0.2, -0.15) is 0 Å². The molecule has 0 aliphatic carbocycles. The summed E-state index contributed by atoms with van der Waals surface area (Å²) >= 11 is 10.3. The summed E-state index contributed by atoms with van der Waals surface area (Å²) in [4.78, 5) is 53.1. The van der Waals surface area contributed by atoms with Gasteiger partial charge in [-0.3, -0.25) is 24.1 Å². The number of hydrogen-bond acceptors (Lipinski definition) is 8. The molecule has 13 heteroatoms. The quantitative estimate of drug-likeness (QED) is 0.425. The molecule has 2 aliphatic heterocycles. The topological polar surface area (TPSA) is 114 Å². The molecule has 2 aromatic carbocycles. The third-order valence-electron chi connectivity index (χ3n) is 5.88. The molecule has 2 aliphatic rings. The summed E-state index contributed by atoms with van der Waals surface area (Å²) in [5, 5.41) is 2.74. The van der Waals surface area contributed by atoms with E-state index in [4.69, 9.17) is 25.8 Å². The molecule has 0 spiro atoms. The van der Waals surface area contributed by atoms with Gasteiger partial charge in [0.15, 0.2) is 18.1 Å². The largest absolute Gasteiger partial charge is 0.493 e. The van der Waals surface area contributed by atoms with Gasteiger partial charge in [0, 0.05) is 23.8 Å². The van der Waals surface area contributed by atoms with Crippen LogP contribution in [-0.2, 0) is 19.1 Å². The molecule has 2 heterocycles. The third kappa shape index (κ3) is 7.13. The molecule has 206 valence electrons. The number of nitrogens with one attached hydrogen (secondary N) is 1. The second-order valence-corrected chi connectivity index (χ2v) is 10.9. The van der Waals surface area contributed by atoms with Crippen LogP contribution in [0.25, 0.3) is 6.08 Å². The molecule has 0 atom stereocenters. The molecule has 0 radical (unpaired) electrons. The fraction of sp³-hybridized carbons (Fsp3) is 0.308. The van der Waals surface area contributed by atoms with Gasteiger partial charge in [0.1, 0.15) is 6.54 Å². The fourth-order valence-electron chi connectivity index (χ4n) is 3.80. The van der Waals surface area contributed by atoms with Crippen LogP contribution < -0.4 is 14.8 Å². The predicted octanol–water partition coefficient (Wildman–Crippen LogP) is 4.33. The van der Waals surface area contributed by atoms with Crippen LogP contribution in [0, 0.1) is 6.92 Å². The maximum Gasteiger partial charge on any atom is 0.294 e. The summed E-state index contributed by atoms with van der Waals surface area (Å²) in [6.45, 7) is 2.95. The van der Waals surface area contributed by atoms with Crippen molar-refractivity contribution in [2.75, 3.05) is 51.9 Å². The lowest BCUT2D eigenvalue weighted by Gasteiger charge is -2.28. The lowest BCUT2D eigenvalue weighted by Crippen LogP contribution is -2.46. The third-order valence-corrected chi connectivity index (χ3v) is 7.79. The van der Waals surface area contributed by atoms with Crippen molar-refractivity contribution in [2.45, 2.75) is 6.92 Å². The molecule has 4 amide bonds. The standard InChI is InChI=1S/C26H25BrClN3O7S/c1-15-3-4-17(12-19(15)28)29-22(32)14-38-24-18(27)9-16(10-20(24)36-2)11-21-25(34)31(26(35)39-21)13-23(33)30-5-7-37-8-6-30/h3-4,9-12H,5-8,13-14H2,1-2H3,(H,29,32)/b21-11-. The number of methoxy groups -OCH3 is 1. The molecular weight excluding hydrogens is 614 g/mol. The minimum absolute atomic E-state index is 0.175. The Morgan fingerprint density at radius 2 is 1.95 bits per heavy atom. The SMILES string of the molecule is COc1cc(/C=C2\SC(=O)N(CC(=O)N3CCOCC3)C2=O)cc(Br)c1OCC(=O)Nc1ccc(C)c(Cl)c1. The average Bonchev–Trinajstić information content (AvgIpc) is 3.17. The Bertz CT molecular complexity index is 1350. The second-order valence-electron chi connectivity index (χ2n) is 8.60. The zero-order valence-corrected chi connectivity index (χ0v) is 24.3. The number of carbonyl (C=O) groups excluding carboxylic acids is 4. The maximum atomic E-state index is 12.9. The van der Waals surface area contributed by atoms with Gasteiger partial charge in [0.05, 0.1) is 29.7 Å². The average molecular weight is 639 g/mol. The lowest BCUT2D eigenvalue weighted by molar-refractivity contribution is -0.139. The van der Waals surface area contributed by atoms with Crippen LogP contribution in [0.3, 0.4) is 0 Å². The maximum absolute atomic E-state index is 12.9. The number of thioether (sulfide) groups is 1. The molecule has 4 rings (SSSR count). The van der Waals surface area contributed by atoms with E-state index in [-0.39, 0.29) is 29.7 Å². The zero-order valence-electron chi connectivity index (χ0n) is 21.1. The number of imide groups is 1. The second kappa shape index (κ2) is 12.9. The minimum atomic E-state index is -0.546. The first-order valence-electron chi connectivity index (χ1n) is 11.8. The van der Waals surface area contributed by atoms with E-state index in [2.05, 4.69) is 21.2 Å². The number of amides is 4. The summed E-state index contributed by atoms with van der Waals surface area (Å²) in [6.07, 6.45) is 1.54. The Morgan fingerprint density at radius 1 is 1.21 bits per heavy atom. The summed E-state index contributed by atoms with van der Waals surface area (Å²) in [5.41, 5.74) is 1.99. The van der Waals surface area contributed by atoms with Crippen molar-refractivity contribution in [1.29, 1.82) is 0 Å². The normalized spacial score (nSPS) is 16.6. The predicted molar refractivity (Wildman–Crippen MR) is 151 cm³/mol. The Kier molecular flexibility index (Phi) is 9.54. The highest BCUT2D eigenvalue weighted by molar-refractivity contribution is 9.10. The molecule has 2 aromatic rings. The van der Waals surface area contributed by atoms with Gasteiger partial charge in [-0.15, -0.1) is 0 Å². The number of carbonyl (C=O) groups is 4. The van der Waals surface area contributed by atoms with Crippen LogP contribution in [0.5, 0.6) is 11.5 Å². The highest BCUT2D eigenvalue weighted by atomic mass is 79.9. The first-order chi connectivity index (χ1) is 18.7. The van der Waals surface area contributed by atoms with E-state index in [0.717, 1.165) is 22.2 Å². The minimum Gasteiger partial charge on any atom is -0.493 e. The highest BCUT2D eigenvalue weighted by Crippen LogP contribution is 2.39. The molecule has 0 aromatic heterocycles. The Hall–Kier alpha value is -3.06. The number of benzene rings is 2. The summed E-state index contributed by atoms with van der Waals surface area (Å²) in [5.74, 6) is -0.648. The van der Waals surface area contributed by atoms with E-state index in [9.17, 15) is 19.2 Å². The number of halogens is 2. The lowest BCUT2D eigenvalue weighted by atomic mass is 10.2. The van der Waals surface area contributed by atoms with Crippen LogP contribution in [0.2, 0.25) is 5.02 Å². The van der Waals surface area contributed by atoms with E-state index in [1.807, 2.05) is 6.92 Å². The molecule has 0 bridgehead atoms. The van der Waals surface area contributed by atoms with Gasteiger partial charge in [-0.1, -0.05) is 17.7 Å². The first kappa shape index (κ1) is 28.9. The highest BCUT2D eigenvalue weighted by Gasteiger charge is 2.37. The van der Waals surface area contributed by atoms with Crippen molar-refractivity contribution >= 4 is 74.0 Å². The van der Waals surface area contributed by atoms with Crippen molar-refractivity contribution in [3.8, 4) is 11.5 Å². The summed E-state index contributed by atoms with van der Waals surface area (Å²) in [6, 6.07) is 8.48. The van der Waals surface area contributed by atoms with Crippen LogP contribution >= 0.6 is 39.3 Å². The van der Waals surface area contributed by atoms with Crippen molar-refractivity contribution < 1.29 is 33.4 Å². The van der Waals surface area contributed by atoms with E-state index < -0.39 is 17.1 Å². The molecule has 0 unspecified atom stereocenters. The van der Waals surface area contributed by atoms with Crippen LogP contribution in [0.1, 0.15) is 11.1 Å². The van der Waals surface area contributed by atoms with Crippen molar-refractivity contribution in [3.05, 3.63) is 55.9 Å². The number of rotatable bonds is 8. The van der Waals surface area contributed by atoms with Gasteiger partial charge < -0.3 is 24.4 Å². The van der Waals surface area contributed by atoms with E-state index in [1.165, 1.54) is 13.2 Å². The van der Waals surface area contributed by atoms with Gasteiger partial charge in [0.2, 0.25) is 5.91 Å². The van der Waals surface area contributed by atoms with E-state index >= 15 is 0 Å². The van der Waals surface area contributed by atoms with E-state index in [0.29, 0.717) is 52.8 Å². The van der Waals surface area contributed by atoms with E-state index in [1.54, 1.807) is 35.2 Å². The number of aryl methyl sites for hydroxylation is 1. The van der Waals surface area contributed by atoms with Crippen LogP contribution in [0.4, 0.5) is 10.5 Å². The van der Waals surface area contributed by atoms with Crippen LogP contribution in [-0.4, -0.2) is 79.3 Å².